The molecule has 1 aromatic rings. The Hall–Kier alpha value is -1.69. The van der Waals surface area contributed by atoms with Crippen LogP contribution in [0, 0.1) is 0 Å². The highest BCUT2D eigenvalue weighted by Crippen LogP contribution is 2.35. The number of rotatable bonds is 2. The summed E-state index contributed by atoms with van der Waals surface area (Å²) in [6.45, 7) is 1.61. The molecule has 18 heavy (non-hydrogen) atoms. The van der Waals surface area contributed by atoms with Gasteiger partial charge >= 0.3 is 0 Å². The van der Waals surface area contributed by atoms with Crippen LogP contribution in [-0.2, 0) is 9.59 Å². The molecule has 5 nitrogen and oxygen atoms in total. The number of imide groups is 1. The van der Waals surface area contributed by atoms with E-state index in [-0.39, 0.29) is 18.2 Å². The highest BCUT2D eigenvalue weighted by Gasteiger charge is 2.35. The monoisotopic (exact) mass is 266 g/mol. The Balaban J connectivity index is 2.47. The summed E-state index contributed by atoms with van der Waals surface area (Å²) in [6.07, 6.45) is -0.486. The van der Waals surface area contributed by atoms with Crippen molar-refractivity contribution >= 4 is 35.8 Å². The van der Waals surface area contributed by atoms with E-state index in [0.29, 0.717) is 22.9 Å². The molecule has 0 bridgehead atoms. The van der Waals surface area contributed by atoms with Crippen LogP contribution in [0.1, 0.15) is 13.3 Å². The summed E-state index contributed by atoms with van der Waals surface area (Å²) in [7, 11) is 0. The third-order valence-corrected chi connectivity index (χ3v) is 2.89. The molecule has 0 fully saturated rings. The first-order chi connectivity index (χ1) is 8.54. The van der Waals surface area contributed by atoms with Crippen LogP contribution in [0.2, 0.25) is 0 Å². The van der Waals surface area contributed by atoms with Gasteiger partial charge in [-0.2, -0.15) is 12.6 Å². The van der Waals surface area contributed by atoms with Gasteiger partial charge in [0, 0.05) is 12.1 Å². The Morgan fingerprint density at radius 1 is 1.56 bits per heavy atom. The number of ether oxygens (including phenoxy) is 1. The Labute approximate surface area is 110 Å². The van der Waals surface area contributed by atoms with Gasteiger partial charge in [-0.3, -0.25) is 9.59 Å². The molecular formula is C12H14N2O3S. The normalized spacial score (nSPS) is 18.2. The fourth-order valence-corrected chi connectivity index (χ4v) is 2.01. The SMILES string of the molecule is CC1Oc2ccc(N)cc2N(C(=O)CCS)C1=O. The molecule has 2 N–H and O–H groups in total. The molecule has 2 rings (SSSR count). The van der Waals surface area contributed by atoms with Crippen molar-refractivity contribution in [3.05, 3.63) is 18.2 Å². The van der Waals surface area contributed by atoms with Crippen LogP contribution in [0.5, 0.6) is 5.75 Å². The number of benzene rings is 1. The molecule has 1 aliphatic rings. The molecule has 96 valence electrons. The number of amides is 2. The molecular weight excluding hydrogens is 252 g/mol. The van der Waals surface area contributed by atoms with Crippen molar-refractivity contribution in [2.45, 2.75) is 19.4 Å². The minimum atomic E-state index is -0.676. The van der Waals surface area contributed by atoms with E-state index in [2.05, 4.69) is 12.6 Å². The van der Waals surface area contributed by atoms with E-state index < -0.39 is 6.10 Å². The van der Waals surface area contributed by atoms with Crippen molar-refractivity contribution in [1.29, 1.82) is 0 Å². The number of nitrogens with two attached hydrogens (primary N) is 1. The number of carbonyl (C=O) groups excluding carboxylic acids is 2. The predicted octanol–water partition coefficient (Wildman–Crippen LogP) is 1.23. The van der Waals surface area contributed by atoms with Crippen LogP contribution >= 0.6 is 12.6 Å². The minimum absolute atomic E-state index is 0.190. The van der Waals surface area contributed by atoms with Crippen molar-refractivity contribution in [2.24, 2.45) is 0 Å². The van der Waals surface area contributed by atoms with E-state index in [1.165, 1.54) is 0 Å². The van der Waals surface area contributed by atoms with Crippen LogP contribution in [0.15, 0.2) is 18.2 Å². The summed E-state index contributed by atoms with van der Waals surface area (Å²) in [5.41, 5.74) is 6.56. The Bertz CT molecular complexity index is 504. The first-order valence-electron chi connectivity index (χ1n) is 5.58. The van der Waals surface area contributed by atoms with Crippen molar-refractivity contribution < 1.29 is 14.3 Å². The number of nitrogen functional groups attached to an aromatic ring is 1. The fourth-order valence-electron chi connectivity index (χ4n) is 1.81. The van der Waals surface area contributed by atoms with Crippen molar-refractivity contribution in [2.75, 3.05) is 16.4 Å². The summed E-state index contributed by atoms with van der Waals surface area (Å²) < 4.78 is 5.44. The number of anilines is 2. The Kier molecular flexibility index (Phi) is 3.47. The number of nitrogens with zero attached hydrogens (tertiary/aromatic N) is 1. The van der Waals surface area contributed by atoms with Gasteiger partial charge in [-0.1, -0.05) is 0 Å². The topological polar surface area (TPSA) is 72.6 Å². The lowest BCUT2D eigenvalue weighted by Crippen LogP contribution is -2.47. The van der Waals surface area contributed by atoms with E-state index >= 15 is 0 Å². The molecule has 0 saturated heterocycles. The van der Waals surface area contributed by atoms with Crippen molar-refractivity contribution in [1.82, 2.24) is 0 Å². The largest absolute Gasteiger partial charge is 0.479 e. The van der Waals surface area contributed by atoms with E-state index in [9.17, 15) is 9.59 Å². The Morgan fingerprint density at radius 2 is 2.28 bits per heavy atom. The maximum Gasteiger partial charge on any atom is 0.274 e. The number of hydrogen-bond acceptors (Lipinski definition) is 5. The maximum absolute atomic E-state index is 12.0. The van der Waals surface area contributed by atoms with Gasteiger partial charge in [-0.15, -0.1) is 0 Å². The van der Waals surface area contributed by atoms with E-state index in [1.807, 2.05) is 0 Å². The molecule has 1 heterocycles. The van der Waals surface area contributed by atoms with Crippen LogP contribution in [-0.4, -0.2) is 23.7 Å². The third kappa shape index (κ3) is 2.15. The highest BCUT2D eigenvalue weighted by molar-refractivity contribution is 7.80. The Morgan fingerprint density at radius 3 is 2.94 bits per heavy atom. The lowest BCUT2D eigenvalue weighted by molar-refractivity contribution is -0.131. The lowest BCUT2D eigenvalue weighted by Gasteiger charge is -2.31. The van der Waals surface area contributed by atoms with Gasteiger partial charge in [0.1, 0.15) is 5.75 Å². The lowest BCUT2D eigenvalue weighted by atomic mass is 10.1. The third-order valence-electron chi connectivity index (χ3n) is 2.67. The van der Waals surface area contributed by atoms with Crippen molar-refractivity contribution in [3.63, 3.8) is 0 Å². The molecule has 0 saturated carbocycles. The number of hydrogen-bond donors (Lipinski definition) is 2. The minimum Gasteiger partial charge on any atom is -0.479 e. The molecule has 1 atom stereocenters. The van der Waals surface area contributed by atoms with Crippen LogP contribution < -0.4 is 15.4 Å². The molecule has 0 spiro atoms. The number of carbonyl (C=O) groups is 2. The number of fused-ring (bicyclic) bond motifs is 1. The van der Waals surface area contributed by atoms with Gasteiger partial charge in [0.2, 0.25) is 5.91 Å². The molecule has 0 aliphatic carbocycles. The summed E-state index contributed by atoms with van der Waals surface area (Å²) in [6, 6.07) is 4.90. The zero-order valence-corrected chi connectivity index (χ0v) is 10.8. The quantitative estimate of drug-likeness (QED) is 0.624. The molecule has 1 aromatic carbocycles. The molecule has 1 aliphatic heterocycles. The first kappa shape index (κ1) is 12.8. The highest BCUT2D eigenvalue weighted by atomic mass is 32.1. The van der Waals surface area contributed by atoms with Gasteiger partial charge in [0.15, 0.2) is 6.10 Å². The van der Waals surface area contributed by atoms with Crippen LogP contribution in [0.4, 0.5) is 11.4 Å². The molecule has 1 unspecified atom stereocenters. The summed E-state index contributed by atoms with van der Waals surface area (Å²) in [5.74, 6) is 0.205. The summed E-state index contributed by atoms with van der Waals surface area (Å²) in [4.78, 5) is 25.2. The maximum atomic E-state index is 12.0. The zero-order valence-electron chi connectivity index (χ0n) is 9.92. The van der Waals surface area contributed by atoms with Crippen molar-refractivity contribution in [3.8, 4) is 5.75 Å². The van der Waals surface area contributed by atoms with Gasteiger partial charge in [-0.25, -0.2) is 4.90 Å². The van der Waals surface area contributed by atoms with Crippen LogP contribution in [0.25, 0.3) is 0 Å². The first-order valence-corrected chi connectivity index (χ1v) is 6.21. The van der Waals surface area contributed by atoms with Gasteiger partial charge in [-0.05, 0) is 30.9 Å². The van der Waals surface area contributed by atoms with E-state index in [4.69, 9.17) is 10.5 Å². The number of thiol groups is 1. The van der Waals surface area contributed by atoms with E-state index in [1.54, 1.807) is 25.1 Å². The molecule has 6 heteroatoms. The molecule has 0 radical (unpaired) electrons. The molecule has 0 aromatic heterocycles. The van der Waals surface area contributed by atoms with Gasteiger partial charge in [0.25, 0.3) is 5.91 Å². The van der Waals surface area contributed by atoms with E-state index in [0.717, 1.165) is 4.90 Å². The average Bonchev–Trinajstić information content (AvgIpc) is 2.31. The summed E-state index contributed by atoms with van der Waals surface area (Å²) >= 11 is 4.01. The average molecular weight is 266 g/mol. The summed E-state index contributed by atoms with van der Waals surface area (Å²) in [5, 5.41) is 0. The second-order valence-corrected chi connectivity index (χ2v) is 4.48. The van der Waals surface area contributed by atoms with Crippen LogP contribution in [0.3, 0.4) is 0 Å². The fraction of sp³-hybridized carbons (Fsp3) is 0.333. The second kappa shape index (κ2) is 4.89. The predicted molar refractivity (Wildman–Crippen MR) is 71.9 cm³/mol. The van der Waals surface area contributed by atoms with Gasteiger partial charge in [0.05, 0.1) is 5.69 Å². The smallest absolute Gasteiger partial charge is 0.274 e. The molecule has 2 amide bonds. The standard InChI is InChI=1S/C12H14N2O3S/c1-7-12(16)14(11(15)4-5-18)9-6-8(13)2-3-10(9)17-7/h2-3,6-7,18H,4-5,13H2,1H3. The zero-order chi connectivity index (χ0) is 13.3. The van der Waals surface area contributed by atoms with Gasteiger partial charge < -0.3 is 10.5 Å². The second-order valence-electron chi connectivity index (χ2n) is 4.03.